The van der Waals surface area contributed by atoms with Crippen molar-refractivity contribution in [3.63, 3.8) is 0 Å². The third kappa shape index (κ3) is 5.40. The molecule has 9 nitrogen and oxygen atoms in total. The van der Waals surface area contributed by atoms with Crippen molar-refractivity contribution in [2.24, 2.45) is 0 Å². The SMILES string of the molecule is CC(C)(C)[Si](C)(C)OCC1(Nc2nc(N3CCC(c4ncc(N)cn4)CC3)nc3c2[S@](=O)CC3)CCC1. The van der Waals surface area contributed by atoms with E-state index in [1.807, 2.05) is 0 Å². The summed E-state index contributed by atoms with van der Waals surface area (Å²) in [5, 5.41) is 3.92. The zero-order valence-corrected chi connectivity index (χ0v) is 24.7. The number of fused-ring (bicyclic) bond motifs is 1. The standard InChI is InChI=1S/C26H41N7O2SSi/c1-25(2,3)37(4,5)35-17-26(10-6-11-26)32-23-21-20(9-14-36(21)34)30-24(31-23)33-12-7-18(8-13-33)22-28-15-19(27)16-29-22/h15-16,18H,6-14,17,27H2,1-5H3,(H,30,31,32)/t36-/m1/s1. The van der Waals surface area contributed by atoms with Crippen LogP contribution in [0.3, 0.4) is 0 Å². The molecule has 37 heavy (non-hydrogen) atoms. The summed E-state index contributed by atoms with van der Waals surface area (Å²) >= 11 is 0. The quantitative estimate of drug-likeness (QED) is 0.494. The summed E-state index contributed by atoms with van der Waals surface area (Å²) in [6.45, 7) is 13.7. The van der Waals surface area contributed by atoms with Crippen LogP contribution in [0.5, 0.6) is 0 Å². The summed E-state index contributed by atoms with van der Waals surface area (Å²) < 4.78 is 19.6. The third-order valence-corrected chi connectivity index (χ3v) is 14.7. The smallest absolute Gasteiger partial charge is 0.227 e. The van der Waals surface area contributed by atoms with Gasteiger partial charge in [-0.25, -0.2) is 15.0 Å². The predicted molar refractivity (Wildman–Crippen MR) is 151 cm³/mol. The zero-order chi connectivity index (χ0) is 26.4. The van der Waals surface area contributed by atoms with E-state index >= 15 is 0 Å². The molecular weight excluding hydrogens is 502 g/mol. The number of aryl methyl sites for hydroxylation is 1. The molecule has 0 bridgehead atoms. The fraction of sp³-hybridized carbons (Fsp3) is 0.692. The van der Waals surface area contributed by atoms with E-state index in [1.165, 1.54) is 0 Å². The number of nitrogens with two attached hydrogens (primary N) is 1. The van der Waals surface area contributed by atoms with E-state index in [9.17, 15) is 4.21 Å². The molecule has 1 saturated heterocycles. The molecule has 2 aromatic heterocycles. The number of aromatic nitrogens is 4. The summed E-state index contributed by atoms with van der Waals surface area (Å²) in [6, 6.07) is 0. The second-order valence-corrected chi connectivity index (χ2v) is 18.7. The number of nitrogens with one attached hydrogen (secondary N) is 1. The van der Waals surface area contributed by atoms with Crippen LogP contribution in [0.2, 0.25) is 18.1 Å². The lowest BCUT2D eigenvalue weighted by molar-refractivity contribution is 0.148. The fourth-order valence-electron chi connectivity index (χ4n) is 5.00. The van der Waals surface area contributed by atoms with Crippen LogP contribution in [-0.2, 0) is 21.6 Å². The highest BCUT2D eigenvalue weighted by molar-refractivity contribution is 7.85. The Hall–Kier alpha value is -2.11. The van der Waals surface area contributed by atoms with Gasteiger partial charge in [0.15, 0.2) is 8.32 Å². The molecule has 202 valence electrons. The number of hydrogen-bond acceptors (Lipinski definition) is 9. The average molecular weight is 544 g/mol. The summed E-state index contributed by atoms with van der Waals surface area (Å²) in [5.74, 6) is 3.26. The van der Waals surface area contributed by atoms with E-state index in [0.29, 0.717) is 24.0 Å². The number of nitrogen functional groups attached to an aromatic ring is 1. The molecule has 0 amide bonds. The van der Waals surface area contributed by atoms with Crippen molar-refractivity contribution in [3.05, 3.63) is 23.9 Å². The highest BCUT2D eigenvalue weighted by atomic mass is 32.2. The van der Waals surface area contributed by atoms with Gasteiger partial charge in [-0.2, -0.15) is 4.98 Å². The number of hydrogen-bond donors (Lipinski definition) is 2. The number of anilines is 3. The predicted octanol–water partition coefficient (Wildman–Crippen LogP) is 4.25. The summed E-state index contributed by atoms with van der Waals surface area (Å²) in [4.78, 5) is 21.8. The van der Waals surface area contributed by atoms with Gasteiger partial charge in [-0.15, -0.1) is 0 Å². The van der Waals surface area contributed by atoms with Gasteiger partial charge in [0.25, 0.3) is 0 Å². The molecule has 3 N–H and O–H groups in total. The molecule has 4 heterocycles. The Morgan fingerprint density at radius 3 is 2.46 bits per heavy atom. The molecule has 5 rings (SSSR count). The largest absolute Gasteiger partial charge is 0.414 e. The minimum atomic E-state index is -1.88. The molecule has 1 saturated carbocycles. The Morgan fingerprint density at radius 2 is 1.86 bits per heavy atom. The van der Waals surface area contributed by atoms with Gasteiger partial charge in [-0.1, -0.05) is 20.8 Å². The van der Waals surface area contributed by atoms with Crippen molar-refractivity contribution < 1.29 is 8.63 Å². The molecule has 11 heteroatoms. The van der Waals surface area contributed by atoms with Gasteiger partial charge >= 0.3 is 0 Å². The minimum Gasteiger partial charge on any atom is -0.414 e. The van der Waals surface area contributed by atoms with Crippen LogP contribution in [-0.4, -0.2) is 63.5 Å². The van der Waals surface area contributed by atoms with Gasteiger partial charge in [-0.05, 0) is 50.2 Å². The molecule has 2 fully saturated rings. The molecule has 3 aliphatic rings. The highest BCUT2D eigenvalue weighted by Gasteiger charge is 2.44. The first-order valence-electron chi connectivity index (χ1n) is 13.5. The van der Waals surface area contributed by atoms with Crippen molar-refractivity contribution in [2.75, 3.05) is 41.4 Å². The number of rotatable bonds is 7. The molecule has 1 aliphatic carbocycles. The molecule has 0 unspecified atom stereocenters. The number of nitrogens with zero attached hydrogens (tertiary/aromatic N) is 5. The summed E-state index contributed by atoms with van der Waals surface area (Å²) in [6.07, 6.45) is 9.20. The van der Waals surface area contributed by atoms with E-state index in [4.69, 9.17) is 20.1 Å². The molecule has 2 aliphatic heterocycles. The molecule has 0 aromatic carbocycles. The highest BCUT2D eigenvalue weighted by Crippen LogP contribution is 2.42. The molecular formula is C26H41N7O2SSi. The van der Waals surface area contributed by atoms with Crippen LogP contribution < -0.4 is 16.0 Å². The van der Waals surface area contributed by atoms with E-state index < -0.39 is 19.1 Å². The maximum absolute atomic E-state index is 13.0. The second kappa shape index (κ2) is 9.89. The molecule has 2 aromatic rings. The summed E-state index contributed by atoms with van der Waals surface area (Å²) in [5.41, 5.74) is 7.12. The first kappa shape index (κ1) is 26.5. The van der Waals surface area contributed by atoms with Crippen LogP contribution in [0.4, 0.5) is 17.5 Å². The first-order chi connectivity index (χ1) is 17.5. The lowest BCUT2D eigenvalue weighted by Gasteiger charge is -2.46. The van der Waals surface area contributed by atoms with Crippen molar-refractivity contribution >= 4 is 36.6 Å². The van der Waals surface area contributed by atoms with E-state index in [-0.39, 0.29) is 10.6 Å². The van der Waals surface area contributed by atoms with E-state index in [1.54, 1.807) is 12.4 Å². The van der Waals surface area contributed by atoms with Crippen molar-refractivity contribution in [1.82, 2.24) is 19.9 Å². The Morgan fingerprint density at radius 1 is 1.19 bits per heavy atom. The Labute approximate surface area is 224 Å². The Kier molecular flexibility index (Phi) is 7.08. The van der Waals surface area contributed by atoms with Crippen LogP contribution in [0.1, 0.15) is 70.3 Å². The van der Waals surface area contributed by atoms with E-state index in [0.717, 1.165) is 79.8 Å². The molecule has 1 atom stereocenters. The molecule has 0 spiro atoms. The maximum Gasteiger partial charge on any atom is 0.227 e. The van der Waals surface area contributed by atoms with Crippen LogP contribution >= 0.6 is 0 Å². The molecule has 0 radical (unpaired) electrons. The van der Waals surface area contributed by atoms with Crippen LogP contribution in [0, 0.1) is 0 Å². The van der Waals surface area contributed by atoms with Gasteiger partial charge in [0.05, 0.1) is 46.7 Å². The lowest BCUT2D eigenvalue weighted by Crippen LogP contribution is -2.53. The monoisotopic (exact) mass is 543 g/mol. The van der Waals surface area contributed by atoms with Crippen LogP contribution in [0.15, 0.2) is 17.3 Å². The van der Waals surface area contributed by atoms with Crippen molar-refractivity contribution in [3.8, 4) is 0 Å². The first-order valence-corrected chi connectivity index (χ1v) is 17.7. The minimum absolute atomic E-state index is 0.152. The van der Waals surface area contributed by atoms with Gasteiger partial charge < -0.3 is 20.4 Å². The zero-order valence-electron chi connectivity index (χ0n) is 22.8. The average Bonchev–Trinajstić information content (AvgIpc) is 3.21. The number of piperidine rings is 1. The van der Waals surface area contributed by atoms with Crippen molar-refractivity contribution in [1.29, 1.82) is 0 Å². The van der Waals surface area contributed by atoms with Crippen LogP contribution in [0.25, 0.3) is 0 Å². The Bertz CT molecular complexity index is 1160. The Balaban J connectivity index is 1.34. The normalized spacial score (nSPS) is 22.0. The van der Waals surface area contributed by atoms with E-state index in [2.05, 4.69) is 54.0 Å². The fourth-order valence-corrected chi connectivity index (χ4v) is 7.38. The maximum atomic E-state index is 13.0. The van der Waals surface area contributed by atoms with Gasteiger partial charge in [0.2, 0.25) is 5.95 Å². The lowest BCUT2D eigenvalue weighted by atomic mass is 9.77. The second-order valence-electron chi connectivity index (χ2n) is 12.4. The topological polar surface area (TPSA) is 119 Å². The summed E-state index contributed by atoms with van der Waals surface area (Å²) in [7, 11) is -2.95. The van der Waals surface area contributed by atoms with Gasteiger partial charge in [0.1, 0.15) is 16.5 Å². The van der Waals surface area contributed by atoms with Crippen molar-refractivity contribution in [2.45, 2.75) is 93.8 Å². The van der Waals surface area contributed by atoms with Gasteiger partial charge in [0, 0.05) is 31.2 Å². The van der Waals surface area contributed by atoms with Gasteiger partial charge in [-0.3, -0.25) is 4.21 Å². The third-order valence-electron chi connectivity index (χ3n) is 8.72.